The number of halogens is 1. The van der Waals surface area contributed by atoms with Crippen LogP contribution in [-0.4, -0.2) is 22.7 Å². The van der Waals surface area contributed by atoms with E-state index in [1.165, 1.54) is 9.14 Å². The molecule has 0 heterocycles. The van der Waals surface area contributed by atoms with Gasteiger partial charge in [-0.2, -0.15) is 0 Å². The maximum absolute atomic E-state index is 6.23. The van der Waals surface area contributed by atoms with E-state index in [9.17, 15) is 0 Å². The zero-order valence-electron chi connectivity index (χ0n) is 11.0. The number of hydrogen-bond acceptors (Lipinski definition) is 2. The molecular formula is C13H22BrNOSn. The van der Waals surface area contributed by atoms with Crippen LogP contribution in [0.25, 0.3) is 0 Å². The molecule has 1 rings (SSSR count). The molecule has 0 spiro atoms. The molecular weight excluding hydrogens is 385 g/mol. The van der Waals surface area contributed by atoms with Gasteiger partial charge in [0.2, 0.25) is 0 Å². The monoisotopic (exact) mass is 407 g/mol. The summed E-state index contributed by atoms with van der Waals surface area (Å²) in [6.07, 6.45) is 0.256. The van der Waals surface area contributed by atoms with Crippen molar-refractivity contribution in [2.45, 2.75) is 44.3 Å². The van der Waals surface area contributed by atoms with E-state index >= 15 is 0 Å². The Morgan fingerprint density at radius 3 is 2.35 bits per heavy atom. The van der Waals surface area contributed by atoms with Crippen LogP contribution < -0.4 is 9.31 Å². The van der Waals surface area contributed by atoms with E-state index in [2.05, 4.69) is 51.7 Å². The predicted octanol–water partition coefficient (Wildman–Crippen LogP) is 3.20. The molecule has 17 heavy (non-hydrogen) atoms. The standard InChI is InChI=1S/C8H10N.C3H7O.C2H5.BrH.Sn/c1-7(9)8-5-3-2-4-6-8;1-3(2)4;1-2;;/h2-5,7H,9H2,1H3;3H,1-2H3;1H2,2H3;1H;/q;-1;;;+2/p-1. The third-order valence-electron chi connectivity index (χ3n) is 2.73. The maximum atomic E-state index is 6.23. The average molecular weight is 407 g/mol. The second-order valence-corrected chi connectivity index (χ2v) is 21.6. The van der Waals surface area contributed by atoms with E-state index < -0.39 is 16.6 Å². The summed E-state index contributed by atoms with van der Waals surface area (Å²) < 4.78 is 8.64. The van der Waals surface area contributed by atoms with Crippen molar-refractivity contribution in [1.29, 1.82) is 0 Å². The summed E-state index contributed by atoms with van der Waals surface area (Å²) >= 11 is 1.09. The topological polar surface area (TPSA) is 35.2 Å². The van der Waals surface area contributed by atoms with Gasteiger partial charge in [0.1, 0.15) is 0 Å². The molecule has 2 unspecified atom stereocenters. The summed E-state index contributed by atoms with van der Waals surface area (Å²) in [5.41, 5.74) is 7.28. The van der Waals surface area contributed by atoms with Crippen LogP contribution in [0.4, 0.5) is 0 Å². The summed E-state index contributed by atoms with van der Waals surface area (Å²) in [6.45, 7) is 8.42. The Balaban J connectivity index is 3.19. The summed E-state index contributed by atoms with van der Waals surface area (Å²) in [5.74, 6) is 0. The fourth-order valence-electron chi connectivity index (χ4n) is 1.94. The first-order chi connectivity index (χ1) is 7.90. The van der Waals surface area contributed by atoms with E-state index in [0.717, 1.165) is 4.44 Å². The number of rotatable bonds is 5. The molecule has 4 heteroatoms. The fraction of sp³-hybridized carbons (Fsp3) is 0.538. The Bertz CT molecular complexity index is 370. The van der Waals surface area contributed by atoms with Gasteiger partial charge >= 0.3 is 116 Å². The average Bonchev–Trinajstić information content (AvgIpc) is 2.28. The van der Waals surface area contributed by atoms with Crippen molar-refractivity contribution in [3.8, 4) is 0 Å². The van der Waals surface area contributed by atoms with Crippen molar-refractivity contribution in [3.05, 3.63) is 29.8 Å². The first-order valence-corrected chi connectivity index (χ1v) is 17.1. The molecule has 2 nitrogen and oxygen atoms in total. The van der Waals surface area contributed by atoms with Crippen LogP contribution >= 0.6 is 12.7 Å². The van der Waals surface area contributed by atoms with Crippen LogP contribution in [0.15, 0.2) is 24.3 Å². The van der Waals surface area contributed by atoms with Gasteiger partial charge in [0.05, 0.1) is 0 Å². The molecule has 0 bridgehead atoms. The molecule has 0 aliphatic carbocycles. The summed E-state index contributed by atoms with van der Waals surface area (Å²) in [7, 11) is 0. The van der Waals surface area contributed by atoms with Crippen molar-refractivity contribution in [1.82, 2.24) is 0 Å². The van der Waals surface area contributed by atoms with Gasteiger partial charge in [-0.3, -0.25) is 0 Å². The molecule has 0 aromatic heterocycles. The molecule has 2 atom stereocenters. The van der Waals surface area contributed by atoms with Gasteiger partial charge in [0, 0.05) is 0 Å². The molecule has 0 aliphatic rings. The summed E-state index contributed by atoms with van der Waals surface area (Å²) in [6, 6.07) is 8.48. The third kappa shape index (κ3) is 3.94. The molecule has 0 radical (unpaired) electrons. The molecule has 0 saturated heterocycles. The first kappa shape index (κ1) is 15.5. The number of benzene rings is 1. The second-order valence-electron chi connectivity index (χ2n) is 4.62. The van der Waals surface area contributed by atoms with Gasteiger partial charge in [-0.1, -0.05) is 0 Å². The minimum absolute atomic E-state index is 0.0575. The van der Waals surface area contributed by atoms with E-state index in [1.807, 2.05) is 13.0 Å². The predicted molar refractivity (Wildman–Crippen MR) is 80.1 cm³/mol. The van der Waals surface area contributed by atoms with Gasteiger partial charge in [-0.25, -0.2) is 0 Å². The molecule has 0 aliphatic heterocycles. The Morgan fingerprint density at radius 1 is 1.29 bits per heavy atom. The van der Waals surface area contributed by atoms with E-state index in [-0.39, 0.29) is 12.1 Å². The normalized spacial score (nSPS) is 16.9. The van der Waals surface area contributed by atoms with Crippen molar-refractivity contribution >= 4 is 32.9 Å². The number of nitrogens with two attached hydrogens (primary N) is 1. The summed E-state index contributed by atoms with van der Waals surface area (Å²) in [4.78, 5) is 0. The van der Waals surface area contributed by atoms with Crippen LogP contribution in [0.2, 0.25) is 4.44 Å². The zero-order valence-corrected chi connectivity index (χ0v) is 15.5. The van der Waals surface area contributed by atoms with Gasteiger partial charge < -0.3 is 0 Å². The first-order valence-electron chi connectivity index (χ1n) is 6.12. The Labute approximate surface area is 115 Å². The molecule has 0 amide bonds. The molecule has 0 saturated carbocycles. The number of hydrogen-bond donors (Lipinski definition) is 1. The van der Waals surface area contributed by atoms with Gasteiger partial charge in [-0.05, 0) is 0 Å². The molecule has 1 aromatic rings. The van der Waals surface area contributed by atoms with Crippen molar-refractivity contribution in [2.24, 2.45) is 5.73 Å². The van der Waals surface area contributed by atoms with Crippen LogP contribution in [0.3, 0.4) is 0 Å². The van der Waals surface area contributed by atoms with Crippen molar-refractivity contribution in [3.63, 3.8) is 0 Å². The minimum atomic E-state index is -2.86. The van der Waals surface area contributed by atoms with Crippen LogP contribution in [0.5, 0.6) is 0 Å². The van der Waals surface area contributed by atoms with Crippen molar-refractivity contribution < 1.29 is 3.07 Å². The van der Waals surface area contributed by atoms with Gasteiger partial charge in [0.25, 0.3) is 0 Å². The Hall–Kier alpha value is 0.419. The quantitative estimate of drug-likeness (QED) is 0.762. The molecule has 1 aromatic carbocycles. The SMILES string of the molecule is C[CH2][Sn]([Br])([O]C(C)C)[c]1ccccc1C(C)N. The Kier molecular flexibility index (Phi) is 5.96. The van der Waals surface area contributed by atoms with E-state index in [4.69, 9.17) is 8.81 Å². The summed E-state index contributed by atoms with van der Waals surface area (Å²) in [5, 5.41) is 0. The Morgan fingerprint density at radius 2 is 1.88 bits per heavy atom. The third-order valence-corrected chi connectivity index (χ3v) is 19.2. The van der Waals surface area contributed by atoms with Crippen LogP contribution in [0.1, 0.15) is 39.3 Å². The van der Waals surface area contributed by atoms with Crippen molar-refractivity contribution in [2.75, 3.05) is 0 Å². The van der Waals surface area contributed by atoms with Gasteiger partial charge in [-0.15, -0.1) is 0 Å². The zero-order chi connectivity index (χ0) is 13.1. The molecule has 0 fully saturated rings. The second kappa shape index (κ2) is 6.55. The molecule has 2 N–H and O–H groups in total. The van der Waals surface area contributed by atoms with E-state index in [0.29, 0.717) is 0 Å². The van der Waals surface area contributed by atoms with Crippen LogP contribution in [0, 0.1) is 0 Å². The van der Waals surface area contributed by atoms with Gasteiger partial charge in [0.15, 0.2) is 0 Å². The fourth-order valence-corrected chi connectivity index (χ4v) is 14.0. The van der Waals surface area contributed by atoms with Crippen LogP contribution in [-0.2, 0) is 3.07 Å². The van der Waals surface area contributed by atoms with E-state index in [1.54, 1.807) is 0 Å². The molecule has 96 valence electrons.